The fraction of sp³-hybridized carbons (Fsp3) is 0.0667. The Bertz CT molecular complexity index is 723. The standard InChI is InChI=1S/C15H11ClFNO/c16-13-3-1-2-4-15(13)19-9-12-7-10-5-6-11(17)8-14(10)18-12/h1-8,18H,9H2. The van der Waals surface area contributed by atoms with E-state index in [2.05, 4.69) is 4.98 Å². The Morgan fingerprint density at radius 2 is 1.95 bits per heavy atom. The third-order valence-corrected chi connectivity index (χ3v) is 3.17. The maximum atomic E-state index is 13.1. The van der Waals surface area contributed by atoms with Crippen LogP contribution >= 0.6 is 11.6 Å². The van der Waals surface area contributed by atoms with Crippen LogP contribution in [-0.4, -0.2) is 4.98 Å². The molecule has 2 aromatic carbocycles. The normalized spacial score (nSPS) is 10.8. The number of H-pyrrole nitrogens is 1. The Labute approximate surface area is 114 Å². The minimum absolute atomic E-state index is 0.257. The van der Waals surface area contributed by atoms with Crippen molar-refractivity contribution >= 4 is 22.5 Å². The number of aromatic amines is 1. The van der Waals surface area contributed by atoms with Crippen molar-refractivity contribution in [2.24, 2.45) is 0 Å². The summed E-state index contributed by atoms with van der Waals surface area (Å²) in [5.74, 6) is 0.377. The van der Waals surface area contributed by atoms with Gasteiger partial charge < -0.3 is 9.72 Å². The van der Waals surface area contributed by atoms with Crippen LogP contribution in [0, 0.1) is 5.82 Å². The van der Waals surface area contributed by atoms with E-state index in [1.165, 1.54) is 12.1 Å². The van der Waals surface area contributed by atoms with Gasteiger partial charge in [0.25, 0.3) is 0 Å². The molecule has 0 aliphatic rings. The van der Waals surface area contributed by atoms with Gasteiger partial charge in [-0.15, -0.1) is 0 Å². The molecule has 1 heterocycles. The highest BCUT2D eigenvalue weighted by atomic mass is 35.5. The summed E-state index contributed by atoms with van der Waals surface area (Å²) in [5, 5.41) is 1.53. The molecule has 0 saturated heterocycles. The molecule has 3 rings (SSSR count). The topological polar surface area (TPSA) is 25.0 Å². The SMILES string of the molecule is Fc1ccc2cc(COc3ccccc3Cl)[nH]c2c1. The summed E-state index contributed by atoms with van der Waals surface area (Å²) >= 11 is 6.01. The highest BCUT2D eigenvalue weighted by Crippen LogP contribution is 2.24. The zero-order chi connectivity index (χ0) is 13.2. The Hall–Kier alpha value is -2.00. The van der Waals surface area contributed by atoms with Gasteiger partial charge in [0.1, 0.15) is 18.2 Å². The molecule has 96 valence electrons. The first-order chi connectivity index (χ1) is 9.22. The van der Waals surface area contributed by atoms with E-state index < -0.39 is 0 Å². The van der Waals surface area contributed by atoms with E-state index in [1.54, 1.807) is 12.1 Å². The average Bonchev–Trinajstić information content (AvgIpc) is 2.79. The van der Waals surface area contributed by atoms with Crippen molar-refractivity contribution in [1.82, 2.24) is 4.98 Å². The van der Waals surface area contributed by atoms with Gasteiger partial charge in [0.2, 0.25) is 0 Å². The van der Waals surface area contributed by atoms with Gasteiger partial charge in [-0.3, -0.25) is 0 Å². The van der Waals surface area contributed by atoms with Gasteiger partial charge >= 0.3 is 0 Å². The number of hydrogen-bond acceptors (Lipinski definition) is 1. The maximum absolute atomic E-state index is 13.1. The van der Waals surface area contributed by atoms with Crippen LogP contribution in [-0.2, 0) is 6.61 Å². The van der Waals surface area contributed by atoms with Crippen molar-refractivity contribution in [3.05, 3.63) is 65.1 Å². The molecule has 2 nitrogen and oxygen atoms in total. The largest absolute Gasteiger partial charge is 0.486 e. The minimum atomic E-state index is -0.257. The first-order valence-corrected chi connectivity index (χ1v) is 6.25. The van der Waals surface area contributed by atoms with Crippen LogP contribution in [0.1, 0.15) is 5.69 Å². The van der Waals surface area contributed by atoms with E-state index >= 15 is 0 Å². The predicted molar refractivity (Wildman–Crippen MR) is 74.0 cm³/mol. The highest BCUT2D eigenvalue weighted by molar-refractivity contribution is 6.32. The maximum Gasteiger partial charge on any atom is 0.138 e. The number of halogens is 2. The number of ether oxygens (including phenoxy) is 1. The predicted octanol–water partition coefficient (Wildman–Crippen LogP) is 4.54. The molecule has 0 bridgehead atoms. The average molecular weight is 276 g/mol. The van der Waals surface area contributed by atoms with Crippen LogP contribution in [0.25, 0.3) is 10.9 Å². The summed E-state index contributed by atoms with van der Waals surface area (Å²) in [4.78, 5) is 3.12. The van der Waals surface area contributed by atoms with Gasteiger partial charge in [-0.05, 0) is 41.8 Å². The van der Waals surface area contributed by atoms with E-state index in [-0.39, 0.29) is 5.82 Å². The van der Waals surface area contributed by atoms with Crippen LogP contribution in [0.15, 0.2) is 48.5 Å². The van der Waals surface area contributed by atoms with Crippen molar-refractivity contribution in [2.75, 3.05) is 0 Å². The van der Waals surface area contributed by atoms with Gasteiger partial charge in [-0.25, -0.2) is 4.39 Å². The summed E-state index contributed by atoms with van der Waals surface area (Å²) in [5.41, 5.74) is 1.64. The zero-order valence-electron chi connectivity index (χ0n) is 9.99. The number of rotatable bonds is 3. The second-order valence-electron chi connectivity index (χ2n) is 4.25. The Kier molecular flexibility index (Phi) is 3.13. The van der Waals surface area contributed by atoms with Crippen molar-refractivity contribution in [1.29, 1.82) is 0 Å². The van der Waals surface area contributed by atoms with Gasteiger partial charge in [-0.1, -0.05) is 23.7 Å². The third-order valence-electron chi connectivity index (χ3n) is 2.86. The number of fused-ring (bicyclic) bond motifs is 1. The fourth-order valence-corrected chi connectivity index (χ4v) is 2.14. The number of hydrogen-bond donors (Lipinski definition) is 1. The first kappa shape index (κ1) is 12.1. The highest BCUT2D eigenvalue weighted by Gasteiger charge is 2.04. The molecule has 0 saturated carbocycles. The lowest BCUT2D eigenvalue weighted by Crippen LogP contribution is -1.95. The van der Waals surface area contributed by atoms with Crippen LogP contribution in [0.4, 0.5) is 4.39 Å². The molecule has 0 amide bonds. The van der Waals surface area contributed by atoms with Crippen molar-refractivity contribution in [3.63, 3.8) is 0 Å². The molecule has 4 heteroatoms. The lowest BCUT2D eigenvalue weighted by atomic mass is 10.2. The molecule has 0 aliphatic carbocycles. The number of aromatic nitrogens is 1. The summed E-state index contributed by atoms with van der Waals surface area (Å²) in [6.45, 7) is 0.361. The van der Waals surface area contributed by atoms with E-state index in [0.717, 1.165) is 16.6 Å². The van der Waals surface area contributed by atoms with Crippen molar-refractivity contribution in [3.8, 4) is 5.75 Å². The number of para-hydroxylation sites is 1. The number of benzene rings is 2. The molecule has 0 aliphatic heterocycles. The molecule has 0 spiro atoms. The summed E-state index contributed by atoms with van der Waals surface area (Å²) in [6.07, 6.45) is 0. The Balaban J connectivity index is 1.80. The molecule has 0 atom stereocenters. The molecule has 0 unspecified atom stereocenters. The first-order valence-electron chi connectivity index (χ1n) is 5.87. The second kappa shape index (κ2) is 4.94. The van der Waals surface area contributed by atoms with Gasteiger partial charge in [0.15, 0.2) is 0 Å². The Morgan fingerprint density at radius 3 is 2.79 bits per heavy atom. The van der Waals surface area contributed by atoms with E-state index in [0.29, 0.717) is 17.4 Å². The number of nitrogens with one attached hydrogen (secondary N) is 1. The molecule has 0 fully saturated rings. The molecule has 0 radical (unpaired) electrons. The fourth-order valence-electron chi connectivity index (χ4n) is 1.95. The smallest absolute Gasteiger partial charge is 0.138 e. The van der Waals surface area contributed by atoms with Crippen LogP contribution in [0.3, 0.4) is 0 Å². The quantitative estimate of drug-likeness (QED) is 0.746. The van der Waals surface area contributed by atoms with Crippen molar-refractivity contribution < 1.29 is 9.13 Å². The summed E-state index contributed by atoms with van der Waals surface area (Å²) < 4.78 is 18.7. The van der Waals surface area contributed by atoms with E-state index in [4.69, 9.17) is 16.3 Å². The summed E-state index contributed by atoms with van der Waals surface area (Å²) in [6, 6.07) is 13.9. The van der Waals surface area contributed by atoms with Crippen LogP contribution in [0.2, 0.25) is 5.02 Å². The Morgan fingerprint density at radius 1 is 1.11 bits per heavy atom. The van der Waals surface area contributed by atoms with Gasteiger partial charge in [0, 0.05) is 5.52 Å². The molecular formula is C15H11ClFNO. The van der Waals surface area contributed by atoms with Gasteiger partial charge in [-0.2, -0.15) is 0 Å². The van der Waals surface area contributed by atoms with Gasteiger partial charge in [0.05, 0.1) is 10.7 Å². The minimum Gasteiger partial charge on any atom is -0.486 e. The van der Waals surface area contributed by atoms with E-state index in [1.807, 2.05) is 24.3 Å². The second-order valence-corrected chi connectivity index (χ2v) is 4.65. The monoisotopic (exact) mass is 275 g/mol. The molecular weight excluding hydrogens is 265 g/mol. The lowest BCUT2D eigenvalue weighted by Gasteiger charge is -2.05. The molecule has 1 N–H and O–H groups in total. The molecule has 3 aromatic rings. The van der Waals surface area contributed by atoms with Crippen molar-refractivity contribution in [2.45, 2.75) is 6.61 Å². The lowest BCUT2D eigenvalue weighted by molar-refractivity contribution is 0.302. The summed E-state index contributed by atoms with van der Waals surface area (Å²) in [7, 11) is 0. The zero-order valence-corrected chi connectivity index (χ0v) is 10.7. The van der Waals surface area contributed by atoms with E-state index in [9.17, 15) is 4.39 Å². The molecule has 19 heavy (non-hydrogen) atoms. The van der Waals surface area contributed by atoms with Crippen LogP contribution < -0.4 is 4.74 Å². The molecule has 1 aromatic heterocycles. The third kappa shape index (κ3) is 2.56. The van der Waals surface area contributed by atoms with Crippen LogP contribution in [0.5, 0.6) is 5.75 Å².